The van der Waals surface area contributed by atoms with Crippen LogP contribution in [0.25, 0.3) is 0 Å². The zero-order valence-corrected chi connectivity index (χ0v) is 14.0. The molecule has 2 amide bonds. The number of ether oxygens (including phenoxy) is 2. The first-order valence-corrected chi connectivity index (χ1v) is 8.09. The molecule has 0 aliphatic carbocycles. The molecule has 0 fully saturated rings. The number of methoxy groups -OCH3 is 1. The maximum Gasteiger partial charge on any atom is 0.255 e. The molecule has 1 aliphatic rings. The molecular weight excluding hydrogens is 320 g/mol. The van der Waals surface area contributed by atoms with Gasteiger partial charge in [0, 0.05) is 12.7 Å². The van der Waals surface area contributed by atoms with Crippen molar-refractivity contribution in [2.75, 3.05) is 26.9 Å². The van der Waals surface area contributed by atoms with Gasteiger partial charge in [-0.05, 0) is 23.8 Å². The molecule has 1 heterocycles. The Labute approximate surface area is 146 Å². The van der Waals surface area contributed by atoms with E-state index in [2.05, 4.69) is 10.6 Å². The molecule has 0 radical (unpaired) electrons. The smallest absolute Gasteiger partial charge is 0.255 e. The lowest BCUT2D eigenvalue weighted by molar-refractivity contribution is 0.0896. The fourth-order valence-electron chi connectivity index (χ4n) is 2.71. The third-order valence-corrected chi connectivity index (χ3v) is 3.97. The van der Waals surface area contributed by atoms with Crippen molar-refractivity contribution in [3.8, 4) is 5.75 Å². The average molecular weight is 340 g/mol. The van der Waals surface area contributed by atoms with E-state index in [1.54, 1.807) is 25.3 Å². The van der Waals surface area contributed by atoms with Crippen LogP contribution in [0.4, 0.5) is 0 Å². The summed E-state index contributed by atoms with van der Waals surface area (Å²) in [5.41, 5.74) is 1.72. The molecule has 1 aliphatic heterocycles. The number of amides is 2. The van der Waals surface area contributed by atoms with Crippen LogP contribution < -0.4 is 15.4 Å². The van der Waals surface area contributed by atoms with Gasteiger partial charge in [0.15, 0.2) is 0 Å². The van der Waals surface area contributed by atoms with Gasteiger partial charge in [0.25, 0.3) is 11.8 Å². The molecule has 2 aromatic rings. The van der Waals surface area contributed by atoms with Crippen molar-refractivity contribution in [1.82, 2.24) is 10.6 Å². The summed E-state index contributed by atoms with van der Waals surface area (Å²) < 4.78 is 10.7. The highest BCUT2D eigenvalue weighted by Crippen LogP contribution is 2.22. The van der Waals surface area contributed by atoms with Gasteiger partial charge in [0.2, 0.25) is 0 Å². The minimum atomic E-state index is -0.275. The molecule has 2 N–H and O–H groups in total. The minimum absolute atomic E-state index is 0.237. The second kappa shape index (κ2) is 7.81. The molecule has 6 nitrogen and oxygen atoms in total. The van der Waals surface area contributed by atoms with Gasteiger partial charge in [0.1, 0.15) is 12.4 Å². The highest BCUT2D eigenvalue weighted by Gasteiger charge is 2.20. The summed E-state index contributed by atoms with van der Waals surface area (Å²) in [6, 6.07) is 14.2. The van der Waals surface area contributed by atoms with Crippen LogP contribution in [-0.4, -0.2) is 38.7 Å². The summed E-state index contributed by atoms with van der Waals surface area (Å²) in [6.07, 6.45) is 0. The van der Waals surface area contributed by atoms with Crippen molar-refractivity contribution < 1.29 is 19.1 Å². The SMILES string of the molecule is COCC(NC(=O)c1ccc2c(c1)C(=O)NCCO2)c1ccccc1. The quantitative estimate of drug-likeness (QED) is 0.872. The van der Waals surface area contributed by atoms with Gasteiger partial charge in [-0.2, -0.15) is 0 Å². The molecule has 1 atom stereocenters. The fraction of sp³-hybridized carbons (Fsp3) is 0.263. The van der Waals surface area contributed by atoms with Gasteiger partial charge in [-0.25, -0.2) is 0 Å². The second-order valence-corrected chi connectivity index (χ2v) is 5.71. The van der Waals surface area contributed by atoms with E-state index in [4.69, 9.17) is 9.47 Å². The Morgan fingerprint density at radius 1 is 1.28 bits per heavy atom. The van der Waals surface area contributed by atoms with E-state index in [0.717, 1.165) is 5.56 Å². The second-order valence-electron chi connectivity index (χ2n) is 5.71. The van der Waals surface area contributed by atoms with Gasteiger partial charge >= 0.3 is 0 Å². The lowest BCUT2D eigenvalue weighted by Crippen LogP contribution is -2.31. The molecule has 0 spiro atoms. The van der Waals surface area contributed by atoms with Crippen LogP contribution in [0, 0.1) is 0 Å². The van der Waals surface area contributed by atoms with Crippen molar-refractivity contribution in [3.63, 3.8) is 0 Å². The molecule has 0 saturated heterocycles. The first kappa shape index (κ1) is 17.0. The third kappa shape index (κ3) is 3.97. The van der Waals surface area contributed by atoms with Crippen LogP contribution in [0.2, 0.25) is 0 Å². The summed E-state index contributed by atoms with van der Waals surface area (Å²) in [7, 11) is 1.59. The van der Waals surface area contributed by atoms with Crippen LogP contribution in [0.3, 0.4) is 0 Å². The van der Waals surface area contributed by atoms with Crippen molar-refractivity contribution in [3.05, 3.63) is 65.2 Å². The Hall–Kier alpha value is -2.86. The predicted octanol–water partition coefficient (Wildman–Crippen LogP) is 1.93. The molecule has 0 saturated carbocycles. The minimum Gasteiger partial charge on any atom is -0.491 e. The van der Waals surface area contributed by atoms with E-state index in [9.17, 15) is 9.59 Å². The van der Waals surface area contributed by atoms with Gasteiger partial charge in [-0.3, -0.25) is 9.59 Å². The number of benzene rings is 2. The average Bonchev–Trinajstić information content (AvgIpc) is 2.83. The van der Waals surface area contributed by atoms with Gasteiger partial charge in [0.05, 0.1) is 24.8 Å². The Balaban J connectivity index is 1.81. The number of carbonyl (C=O) groups excluding carboxylic acids is 2. The van der Waals surface area contributed by atoms with Gasteiger partial charge < -0.3 is 20.1 Å². The number of hydrogen-bond donors (Lipinski definition) is 2. The number of fused-ring (bicyclic) bond motifs is 1. The fourth-order valence-corrected chi connectivity index (χ4v) is 2.71. The van der Waals surface area contributed by atoms with E-state index < -0.39 is 0 Å². The van der Waals surface area contributed by atoms with Crippen LogP contribution in [0.5, 0.6) is 5.75 Å². The van der Waals surface area contributed by atoms with Crippen LogP contribution in [-0.2, 0) is 4.74 Å². The summed E-state index contributed by atoms with van der Waals surface area (Å²) in [5, 5.41) is 5.69. The maximum absolute atomic E-state index is 12.6. The Bertz CT molecular complexity index is 761. The summed E-state index contributed by atoms with van der Waals surface area (Å²) >= 11 is 0. The lowest BCUT2D eigenvalue weighted by atomic mass is 10.1. The highest BCUT2D eigenvalue weighted by atomic mass is 16.5. The van der Waals surface area contributed by atoms with E-state index in [1.165, 1.54) is 0 Å². The van der Waals surface area contributed by atoms with E-state index >= 15 is 0 Å². The van der Waals surface area contributed by atoms with E-state index in [1.807, 2.05) is 30.3 Å². The summed E-state index contributed by atoms with van der Waals surface area (Å²) in [5.74, 6) is -0.0209. The topological polar surface area (TPSA) is 76.7 Å². The molecular formula is C19H20N2O4. The zero-order chi connectivity index (χ0) is 17.6. The normalized spacial score (nSPS) is 14.5. The highest BCUT2D eigenvalue weighted by molar-refractivity contribution is 6.01. The third-order valence-electron chi connectivity index (χ3n) is 3.97. The van der Waals surface area contributed by atoms with Crippen molar-refractivity contribution >= 4 is 11.8 Å². The monoisotopic (exact) mass is 340 g/mol. The van der Waals surface area contributed by atoms with Gasteiger partial charge in [-0.15, -0.1) is 0 Å². The Morgan fingerprint density at radius 3 is 2.84 bits per heavy atom. The van der Waals surface area contributed by atoms with Crippen LogP contribution in [0.1, 0.15) is 32.3 Å². The molecule has 0 aromatic heterocycles. The largest absolute Gasteiger partial charge is 0.491 e. The predicted molar refractivity (Wildman–Crippen MR) is 92.8 cm³/mol. The summed E-state index contributed by atoms with van der Waals surface area (Å²) in [4.78, 5) is 24.7. The molecule has 0 bridgehead atoms. The van der Waals surface area contributed by atoms with Crippen molar-refractivity contribution in [2.45, 2.75) is 6.04 Å². The molecule has 25 heavy (non-hydrogen) atoms. The Morgan fingerprint density at radius 2 is 2.08 bits per heavy atom. The van der Waals surface area contributed by atoms with Gasteiger partial charge in [-0.1, -0.05) is 30.3 Å². The first-order valence-electron chi connectivity index (χ1n) is 8.09. The molecule has 1 unspecified atom stereocenters. The van der Waals surface area contributed by atoms with Crippen molar-refractivity contribution in [1.29, 1.82) is 0 Å². The molecule has 130 valence electrons. The lowest BCUT2D eigenvalue weighted by Gasteiger charge is -2.19. The summed E-state index contributed by atoms with van der Waals surface area (Å²) in [6.45, 7) is 1.21. The van der Waals surface area contributed by atoms with E-state index in [-0.39, 0.29) is 17.9 Å². The number of nitrogens with one attached hydrogen (secondary N) is 2. The van der Waals surface area contributed by atoms with Crippen molar-refractivity contribution in [2.24, 2.45) is 0 Å². The standard InChI is InChI=1S/C19H20N2O4/c1-24-12-16(13-5-3-2-4-6-13)21-18(22)14-7-8-17-15(11-14)19(23)20-9-10-25-17/h2-8,11,16H,9-10,12H2,1H3,(H,20,23)(H,21,22). The number of rotatable bonds is 5. The molecule has 6 heteroatoms. The zero-order valence-electron chi connectivity index (χ0n) is 14.0. The first-order chi connectivity index (χ1) is 12.2. The number of hydrogen-bond acceptors (Lipinski definition) is 4. The number of carbonyl (C=O) groups is 2. The van der Waals surface area contributed by atoms with Crippen LogP contribution in [0.15, 0.2) is 48.5 Å². The molecule has 3 rings (SSSR count). The maximum atomic E-state index is 12.6. The van der Waals surface area contributed by atoms with E-state index in [0.29, 0.717) is 36.6 Å². The molecule has 2 aromatic carbocycles. The van der Waals surface area contributed by atoms with Crippen LogP contribution >= 0.6 is 0 Å². The Kier molecular flexibility index (Phi) is 5.30.